The second-order valence-electron chi connectivity index (χ2n) is 4.88. The summed E-state index contributed by atoms with van der Waals surface area (Å²) in [6.07, 6.45) is 0. The molecular formula is C11H20N4O2. The first kappa shape index (κ1) is 12.3. The van der Waals surface area contributed by atoms with Crippen molar-refractivity contribution < 1.29 is 9.59 Å². The minimum Gasteiger partial charge on any atom is -0.341 e. The summed E-state index contributed by atoms with van der Waals surface area (Å²) >= 11 is 0. The topological polar surface area (TPSA) is 73.5 Å². The number of carbonyl (C=O) groups is 2. The Hall–Kier alpha value is -1.14. The lowest BCUT2D eigenvalue weighted by Gasteiger charge is -2.23. The van der Waals surface area contributed by atoms with Crippen LogP contribution in [0.15, 0.2) is 0 Å². The molecule has 6 heteroatoms. The molecular weight excluding hydrogens is 220 g/mol. The zero-order chi connectivity index (χ0) is 12.4. The zero-order valence-electron chi connectivity index (χ0n) is 10.3. The third-order valence-electron chi connectivity index (χ3n) is 3.81. The summed E-state index contributed by atoms with van der Waals surface area (Å²) in [4.78, 5) is 25.0. The largest absolute Gasteiger partial charge is 0.341 e. The highest BCUT2D eigenvalue weighted by Crippen LogP contribution is 2.27. The third-order valence-corrected chi connectivity index (χ3v) is 3.81. The molecule has 2 saturated heterocycles. The van der Waals surface area contributed by atoms with Crippen LogP contribution in [-0.4, -0.2) is 56.1 Å². The van der Waals surface area contributed by atoms with E-state index in [0.29, 0.717) is 11.8 Å². The number of nitrogens with one attached hydrogen (secondary N) is 3. The molecule has 2 aliphatic rings. The van der Waals surface area contributed by atoms with Crippen molar-refractivity contribution in [3.63, 3.8) is 0 Å². The maximum atomic E-state index is 11.8. The fraction of sp³-hybridized carbons (Fsp3) is 0.818. The van der Waals surface area contributed by atoms with Gasteiger partial charge in [-0.05, 0) is 31.8 Å². The Bertz CT molecular complexity index is 309. The SMILES string of the molecule is CNC(=O)NC(=O)C(C)N1CC2CNCC2C1. The van der Waals surface area contributed by atoms with Crippen molar-refractivity contribution >= 4 is 11.9 Å². The molecule has 0 saturated carbocycles. The summed E-state index contributed by atoms with van der Waals surface area (Å²) in [6.45, 7) is 5.84. The van der Waals surface area contributed by atoms with E-state index in [0.717, 1.165) is 26.2 Å². The molecule has 2 fully saturated rings. The van der Waals surface area contributed by atoms with Gasteiger partial charge >= 0.3 is 6.03 Å². The van der Waals surface area contributed by atoms with Crippen molar-refractivity contribution in [2.75, 3.05) is 33.2 Å². The summed E-state index contributed by atoms with van der Waals surface area (Å²) in [5.74, 6) is 1.09. The first-order chi connectivity index (χ1) is 8.11. The highest BCUT2D eigenvalue weighted by Gasteiger charge is 2.39. The van der Waals surface area contributed by atoms with E-state index in [2.05, 4.69) is 20.9 Å². The summed E-state index contributed by atoms with van der Waals surface area (Å²) in [6, 6.07) is -0.680. The summed E-state index contributed by atoms with van der Waals surface area (Å²) in [7, 11) is 1.50. The molecule has 0 aromatic rings. The van der Waals surface area contributed by atoms with Gasteiger partial charge in [-0.25, -0.2) is 4.79 Å². The Balaban J connectivity index is 1.86. The van der Waals surface area contributed by atoms with Gasteiger partial charge in [0, 0.05) is 20.1 Å². The van der Waals surface area contributed by atoms with E-state index < -0.39 is 6.03 Å². The van der Waals surface area contributed by atoms with Gasteiger partial charge in [0.15, 0.2) is 0 Å². The quantitative estimate of drug-likeness (QED) is 0.578. The number of urea groups is 1. The highest BCUT2D eigenvalue weighted by atomic mass is 16.2. The lowest BCUT2D eigenvalue weighted by Crippen LogP contribution is -2.48. The van der Waals surface area contributed by atoms with Gasteiger partial charge in [-0.15, -0.1) is 0 Å². The zero-order valence-corrected chi connectivity index (χ0v) is 10.3. The van der Waals surface area contributed by atoms with E-state index in [1.807, 2.05) is 6.92 Å². The fourth-order valence-corrected chi connectivity index (χ4v) is 2.65. The van der Waals surface area contributed by atoms with Crippen molar-refractivity contribution in [2.24, 2.45) is 11.8 Å². The van der Waals surface area contributed by atoms with Crippen LogP contribution >= 0.6 is 0 Å². The molecule has 0 aliphatic carbocycles. The Morgan fingerprint density at radius 1 is 1.29 bits per heavy atom. The first-order valence-corrected chi connectivity index (χ1v) is 6.09. The molecule has 2 heterocycles. The number of imide groups is 1. The van der Waals surface area contributed by atoms with Crippen LogP contribution in [0.25, 0.3) is 0 Å². The van der Waals surface area contributed by atoms with Crippen LogP contribution in [0.1, 0.15) is 6.92 Å². The summed E-state index contributed by atoms with van der Waals surface area (Å²) in [5, 5.41) is 8.07. The van der Waals surface area contributed by atoms with Gasteiger partial charge in [-0.3, -0.25) is 15.0 Å². The second-order valence-corrected chi connectivity index (χ2v) is 4.88. The standard InChI is InChI=1S/C11H20N4O2/c1-7(10(16)14-11(17)12-2)15-5-8-3-13-4-9(8)6-15/h7-9,13H,3-6H2,1-2H3,(H2,12,14,16,17). The molecule has 0 spiro atoms. The summed E-state index contributed by atoms with van der Waals surface area (Å²) in [5.41, 5.74) is 0. The van der Waals surface area contributed by atoms with Gasteiger partial charge in [0.1, 0.15) is 0 Å². The maximum Gasteiger partial charge on any atom is 0.321 e. The molecule has 6 nitrogen and oxygen atoms in total. The van der Waals surface area contributed by atoms with Crippen molar-refractivity contribution in [1.82, 2.24) is 20.9 Å². The Morgan fingerprint density at radius 3 is 2.41 bits per heavy atom. The smallest absolute Gasteiger partial charge is 0.321 e. The minimum atomic E-state index is -0.442. The van der Waals surface area contributed by atoms with Gasteiger partial charge in [0.05, 0.1) is 6.04 Å². The molecule has 17 heavy (non-hydrogen) atoms. The Kier molecular flexibility index (Phi) is 3.63. The van der Waals surface area contributed by atoms with E-state index in [9.17, 15) is 9.59 Å². The second kappa shape index (κ2) is 5.01. The number of rotatable bonds is 2. The average molecular weight is 240 g/mol. The first-order valence-electron chi connectivity index (χ1n) is 6.09. The molecule has 0 radical (unpaired) electrons. The molecule has 3 N–H and O–H groups in total. The van der Waals surface area contributed by atoms with Crippen molar-refractivity contribution in [2.45, 2.75) is 13.0 Å². The van der Waals surface area contributed by atoms with E-state index in [4.69, 9.17) is 0 Å². The van der Waals surface area contributed by atoms with Crippen LogP contribution in [0.4, 0.5) is 4.79 Å². The van der Waals surface area contributed by atoms with Crippen LogP contribution in [0.3, 0.4) is 0 Å². The van der Waals surface area contributed by atoms with Gasteiger partial charge in [-0.1, -0.05) is 0 Å². The van der Waals surface area contributed by atoms with Crippen LogP contribution in [0, 0.1) is 11.8 Å². The number of hydrogen-bond acceptors (Lipinski definition) is 4. The molecule has 2 rings (SSSR count). The van der Waals surface area contributed by atoms with Gasteiger partial charge in [0.25, 0.3) is 0 Å². The number of amides is 3. The monoisotopic (exact) mass is 240 g/mol. The van der Waals surface area contributed by atoms with E-state index in [1.54, 1.807) is 0 Å². The predicted octanol–water partition coefficient (Wildman–Crippen LogP) is -1.02. The van der Waals surface area contributed by atoms with Crippen LogP contribution in [-0.2, 0) is 4.79 Å². The number of carbonyl (C=O) groups excluding carboxylic acids is 2. The third kappa shape index (κ3) is 2.58. The minimum absolute atomic E-state index is 0.225. The normalized spacial score (nSPS) is 29.8. The average Bonchev–Trinajstić information content (AvgIpc) is 2.87. The molecule has 96 valence electrons. The molecule has 0 bridgehead atoms. The number of nitrogens with zero attached hydrogens (tertiary/aromatic N) is 1. The number of hydrogen-bond donors (Lipinski definition) is 3. The van der Waals surface area contributed by atoms with Crippen molar-refractivity contribution in [3.05, 3.63) is 0 Å². The van der Waals surface area contributed by atoms with Crippen LogP contribution in [0.5, 0.6) is 0 Å². The Morgan fingerprint density at radius 2 is 1.88 bits per heavy atom. The fourth-order valence-electron chi connectivity index (χ4n) is 2.65. The summed E-state index contributed by atoms with van der Waals surface area (Å²) < 4.78 is 0. The lowest BCUT2D eigenvalue weighted by molar-refractivity contribution is -0.124. The van der Waals surface area contributed by atoms with Gasteiger partial charge in [-0.2, -0.15) is 0 Å². The van der Waals surface area contributed by atoms with E-state index in [1.165, 1.54) is 7.05 Å². The van der Waals surface area contributed by atoms with Gasteiger partial charge in [0.2, 0.25) is 5.91 Å². The molecule has 2 aliphatic heterocycles. The number of likely N-dealkylation sites (tertiary alicyclic amines) is 1. The molecule has 0 aromatic carbocycles. The molecule has 3 unspecified atom stereocenters. The van der Waals surface area contributed by atoms with E-state index >= 15 is 0 Å². The van der Waals surface area contributed by atoms with E-state index in [-0.39, 0.29) is 11.9 Å². The van der Waals surface area contributed by atoms with Crippen molar-refractivity contribution in [1.29, 1.82) is 0 Å². The molecule has 3 atom stereocenters. The van der Waals surface area contributed by atoms with Crippen molar-refractivity contribution in [3.8, 4) is 0 Å². The lowest BCUT2D eigenvalue weighted by atomic mass is 10.0. The van der Waals surface area contributed by atoms with Crippen LogP contribution in [0.2, 0.25) is 0 Å². The maximum absolute atomic E-state index is 11.8. The van der Waals surface area contributed by atoms with Crippen LogP contribution < -0.4 is 16.0 Å². The predicted molar refractivity (Wildman–Crippen MR) is 63.5 cm³/mol. The number of fused-ring (bicyclic) bond motifs is 1. The Labute approximate surface area is 101 Å². The molecule has 3 amide bonds. The highest BCUT2D eigenvalue weighted by molar-refractivity contribution is 5.96. The molecule has 0 aromatic heterocycles. The van der Waals surface area contributed by atoms with Gasteiger partial charge < -0.3 is 10.6 Å².